The Morgan fingerprint density at radius 2 is 2.11 bits per heavy atom. The molecule has 1 fully saturated rings. The molecular formula is C8H8ClN3O6S. The first-order valence-corrected chi connectivity index (χ1v) is 7.31. The zero-order chi connectivity index (χ0) is 14.2. The normalized spacial score (nSPS) is 19.0. The summed E-state index contributed by atoms with van der Waals surface area (Å²) < 4.78 is 28.0. The molecule has 1 aliphatic heterocycles. The summed E-state index contributed by atoms with van der Waals surface area (Å²) in [6.45, 7) is 0.0706. The van der Waals surface area contributed by atoms with E-state index >= 15 is 0 Å². The molecule has 19 heavy (non-hydrogen) atoms. The number of alkyl carbamates (subject to hydrolysis) is 1. The number of nitrogens with zero attached hydrogens (tertiary/aromatic N) is 1. The van der Waals surface area contributed by atoms with Gasteiger partial charge in [0.2, 0.25) is 0 Å². The predicted molar refractivity (Wildman–Crippen MR) is 62.6 cm³/mol. The number of cyclic esters (lactones) is 1. The van der Waals surface area contributed by atoms with Gasteiger partial charge < -0.3 is 10.1 Å². The molecule has 2 rings (SSSR count). The average Bonchev–Trinajstić information content (AvgIpc) is 2.66. The molecule has 1 unspecified atom stereocenters. The van der Waals surface area contributed by atoms with E-state index in [9.17, 15) is 22.8 Å². The fourth-order valence-electron chi connectivity index (χ4n) is 1.55. The lowest BCUT2D eigenvalue weighted by Gasteiger charge is -2.10. The van der Waals surface area contributed by atoms with Crippen molar-refractivity contribution >= 4 is 25.8 Å². The Morgan fingerprint density at radius 1 is 1.42 bits per heavy atom. The Bertz CT molecular complexity index is 736. The van der Waals surface area contributed by atoms with Gasteiger partial charge in [-0.2, -0.15) is 0 Å². The van der Waals surface area contributed by atoms with E-state index < -0.39 is 37.4 Å². The van der Waals surface area contributed by atoms with Crippen molar-refractivity contribution in [2.24, 2.45) is 0 Å². The van der Waals surface area contributed by atoms with Gasteiger partial charge in [0.15, 0.2) is 4.90 Å². The molecule has 0 radical (unpaired) electrons. The highest BCUT2D eigenvalue weighted by molar-refractivity contribution is 8.13. The first-order valence-electron chi connectivity index (χ1n) is 5.00. The fourth-order valence-corrected chi connectivity index (χ4v) is 2.41. The Morgan fingerprint density at radius 3 is 2.63 bits per heavy atom. The van der Waals surface area contributed by atoms with Crippen LogP contribution >= 0.6 is 10.7 Å². The number of aromatic amines is 1. The summed E-state index contributed by atoms with van der Waals surface area (Å²) in [7, 11) is 0.795. The lowest BCUT2D eigenvalue weighted by molar-refractivity contribution is 0.130. The Balaban J connectivity index is 2.39. The van der Waals surface area contributed by atoms with E-state index in [1.807, 2.05) is 4.98 Å². The summed E-state index contributed by atoms with van der Waals surface area (Å²) in [5.74, 6) is 0. The highest BCUT2D eigenvalue weighted by Gasteiger charge is 2.24. The maximum absolute atomic E-state index is 11.5. The maximum Gasteiger partial charge on any atom is 0.407 e. The first kappa shape index (κ1) is 13.6. The van der Waals surface area contributed by atoms with Crippen molar-refractivity contribution < 1.29 is 17.9 Å². The maximum atomic E-state index is 11.5. The lowest BCUT2D eigenvalue weighted by atomic mass is 10.3. The Labute approximate surface area is 110 Å². The van der Waals surface area contributed by atoms with Crippen LogP contribution in [-0.2, 0) is 20.3 Å². The van der Waals surface area contributed by atoms with Gasteiger partial charge in [-0.15, -0.1) is 0 Å². The summed E-state index contributed by atoms with van der Waals surface area (Å²) in [5, 5.41) is 2.37. The predicted octanol–water partition coefficient (Wildman–Crippen LogP) is -1.43. The van der Waals surface area contributed by atoms with Gasteiger partial charge in [-0.05, 0) is 0 Å². The molecule has 11 heteroatoms. The highest BCUT2D eigenvalue weighted by Crippen LogP contribution is 2.08. The first-order chi connectivity index (χ1) is 8.77. The molecule has 1 aliphatic rings. The highest BCUT2D eigenvalue weighted by atomic mass is 35.7. The molecule has 0 aliphatic carbocycles. The minimum atomic E-state index is -4.27. The van der Waals surface area contributed by atoms with Crippen LogP contribution in [0, 0.1) is 0 Å². The van der Waals surface area contributed by atoms with Crippen LogP contribution in [0.4, 0.5) is 4.79 Å². The number of carbonyl (C=O) groups excluding carboxylic acids is 1. The number of aromatic nitrogens is 2. The number of hydrogen-bond acceptors (Lipinski definition) is 6. The van der Waals surface area contributed by atoms with Crippen molar-refractivity contribution in [2.45, 2.75) is 17.5 Å². The van der Waals surface area contributed by atoms with Crippen LogP contribution < -0.4 is 16.6 Å². The van der Waals surface area contributed by atoms with Gasteiger partial charge in [0, 0.05) is 16.9 Å². The Kier molecular flexibility index (Phi) is 3.37. The van der Waals surface area contributed by atoms with Gasteiger partial charge >= 0.3 is 11.8 Å². The van der Waals surface area contributed by atoms with Gasteiger partial charge in [0.05, 0.1) is 13.1 Å². The quantitative estimate of drug-likeness (QED) is 0.659. The summed E-state index contributed by atoms with van der Waals surface area (Å²) in [6, 6.07) is 0. The number of amides is 1. The zero-order valence-electron chi connectivity index (χ0n) is 9.25. The van der Waals surface area contributed by atoms with Crippen LogP contribution in [-0.4, -0.2) is 36.7 Å². The summed E-state index contributed by atoms with van der Waals surface area (Å²) >= 11 is 0. The molecule has 2 heterocycles. The van der Waals surface area contributed by atoms with E-state index in [2.05, 4.69) is 5.32 Å². The van der Waals surface area contributed by atoms with Crippen LogP contribution in [0.5, 0.6) is 0 Å². The van der Waals surface area contributed by atoms with Crippen LogP contribution in [0.1, 0.15) is 0 Å². The molecular weight excluding hydrogens is 302 g/mol. The molecule has 9 nitrogen and oxygen atoms in total. The summed E-state index contributed by atoms with van der Waals surface area (Å²) in [5.41, 5.74) is -1.92. The number of nitrogens with one attached hydrogen (secondary N) is 2. The van der Waals surface area contributed by atoms with Crippen molar-refractivity contribution in [3.05, 3.63) is 27.0 Å². The molecule has 1 aromatic heterocycles. The average molecular weight is 310 g/mol. The summed E-state index contributed by atoms with van der Waals surface area (Å²) in [6.07, 6.45) is -0.454. The van der Waals surface area contributed by atoms with Gasteiger partial charge in [0.1, 0.15) is 6.10 Å². The second-order valence-electron chi connectivity index (χ2n) is 3.75. The van der Waals surface area contributed by atoms with E-state index in [0.717, 1.165) is 10.8 Å². The topological polar surface area (TPSA) is 127 Å². The third kappa shape index (κ3) is 2.96. The SMILES string of the molecule is O=C1NCC(Cn2cc(S(=O)(=O)Cl)c(=O)[nH]c2=O)O1. The third-order valence-electron chi connectivity index (χ3n) is 2.39. The second kappa shape index (κ2) is 4.70. The van der Waals surface area contributed by atoms with Gasteiger partial charge in [-0.3, -0.25) is 14.3 Å². The second-order valence-corrected chi connectivity index (χ2v) is 6.29. The van der Waals surface area contributed by atoms with E-state index in [1.165, 1.54) is 0 Å². The monoisotopic (exact) mass is 309 g/mol. The smallest absolute Gasteiger partial charge is 0.407 e. The Hall–Kier alpha value is -1.81. The number of carbonyl (C=O) groups is 1. The van der Waals surface area contributed by atoms with Crippen molar-refractivity contribution in [1.82, 2.24) is 14.9 Å². The fraction of sp³-hybridized carbons (Fsp3) is 0.375. The van der Waals surface area contributed by atoms with Crippen molar-refractivity contribution in [3.8, 4) is 0 Å². The van der Waals surface area contributed by atoms with Gasteiger partial charge in [0.25, 0.3) is 14.6 Å². The van der Waals surface area contributed by atoms with E-state index in [1.54, 1.807) is 0 Å². The van der Waals surface area contributed by atoms with E-state index in [-0.39, 0.29) is 13.1 Å². The third-order valence-corrected chi connectivity index (χ3v) is 3.70. The number of hydrogen-bond donors (Lipinski definition) is 2. The molecule has 0 aromatic carbocycles. The number of ether oxygens (including phenoxy) is 1. The molecule has 2 N–H and O–H groups in total. The molecule has 104 valence electrons. The summed E-state index contributed by atoms with van der Waals surface area (Å²) in [4.78, 5) is 34.7. The van der Waals surface area contributed by atoms with Crippen LogP contribution in [0.15, 0.2) is 20.7 Å². The molecule has 0 spiro atoms. The molecule has 1 saturated heterocycles. The molecule has 0 saturated carbocycles. The standard InChI is InChI=1S/C8H8ClN3O6S/c9-19(16,17)5-3-12(7(14)11-6(5)13)2-4-1-10-8(15)18-4/h3-4H,1-2H2,(H,10,15)(H,11,13,14). The minimum absolute atomic E-state index is 0.103. The largest absolute Gasteiger partial charge is 0.442 e. The van der Waals surface area contributed by atoms with E-state index in [4.69, 9.17) is 15.4 Å². The van der Waals surface area contributed by atoms with Crippen LogP contribution in [0.3, 0.4) is 0 Å². The number of H-pyrrole nitrogens is 1. The van der Waals surface area contributed by atoms with E-state index in [0.29, 0.717) is 0 Å². The van der Waals surface area contributed by atoms with Crippen molar-refractivity contribution in [3.63, 3.8) is 0 Å². The van der Waals surface area contributed by atoms with Crippen LogP contribution in [0.25, 0.3) is 0 Å². The molecule has 1 aromatic rings. The van der Waals surface area contributed by atoms with Crippen LogP contribution in [0.2, 0.25) is 0 Å². The lowest BCUT2D eigenvalue weighted by Crippen LogP contribution is -2.35. The molecule has 0 bridgehead atoms. The van der Waals surface area contributed by atoms with Gasteiger partial charge in [-0.25, -0.2) is 18.0 Å². The van der Waals surface area contributed by atoms with Crippen molar-refractivity contribution in [2.75, 3.05) is 6.54 Å². The van der Waals surface area contributed by atoms with Gasteiger partial charge in [-0.1, -0.05) is 0 Å². The minimum Gasteiger partial charge on any atom is -0.442 e. The number of rotatable bonds is 3. The molecule has 1 atom stereocenters. The number of halogens is 1. The zero-order valence-corrected chi connectivity index (χ0v) is 10.8. The molecule has 1 amide bonds. The van der Waals surface area contributed by atoms with Crippen molar-refractivity contribution in [1.29, 1.82) is 0 Å².